The maximum Gasteiger partial charge on any atom is 0.0850 e. The standard InChI is InChI=1S/C13H23ClN2O/c1-5-11-13(14)12(16(6-2)15-11)8-10(17)7-9(3)4/h9-10,17H,5-8H2,1-4H3. The van der Waals surface area contributed by atoms with E-state index in [4.69, 9.17) is 11.6 Å². The molecule has 1 aromatic heterocycles. The second kappa shape index (κ2) is 6.41. The van der Waals surface area contributed by atoms with Gasteiger partial charge in [-0.05, 0) is 25.7 Å². The van der Waals surface area contributed by atoms with Crippen molar-refractivity contribution in [2.75, 3.05) is 0 Å². The Balaban J connectivity index is 2.85. The minimum absolute atomic E-state index is 0.334. The highest BCUT2D eigenvalue weighted by Crippen LogP contribution is 2.24. The number of hydrogen-bond acceptors (Lipinski definition) is 2. The summed E-state index contributed by atoms with van der Waals surface area (Å²) >= 11 is 6.29. The molecule has 1 N–H and O–H groups in total. The highest BCUT2D eigenvalue weighted by atomic mass is 35.5. The Bertz CT molecular complexity index is 361. The molecule has 0 fully saturated rings. The number of aliphatic hydroxyl groups excluding tert-OH is 1. The lowest BCUT2D eigenvalue weighted by Gasteiger charge is -2.14. The molecule has 98 valence electrons. The summed E-state index contributed by atoms with van der Waals surface area (Å²) in [6.07, 6.45) is 1.89. The summed E-state index contributed by atoms with van der Waals surface area (Å²) in [6, 6.07) is 0. The van der Waals surface area contributed by atoms with Crippen LogP contribution in [-0.2, 0) is 19.4 Å². The van der Waals surface area contributed by atoms with Crippen molar-refractivity contribution in [3.63, 3.8) is 0 Å². The van der Waals surface area contributed by atoms with Crippen LogP contribution in [0.3, 0.4) is 0 Å². The average Bonchev–Trinajstić information content (AvgIpc) is 2.55. The van der Waals surface area contributed by atoms with E-state index in [-0.39, 0.29) is 6.10 Å². The van der Waals surface area contributed by atoms with Crippen LogP contribution < -0.4 is 0 Å². The maximum absolute atomic E-state index is 10.00. The molecule has 0 spiro atoms. The van der Waals surface area contributed by atoms with E-state index in [1.165, 1.54) is 0 Å². The summed E-state index contributed by atoms with van der Waals surface area (Å²) in [7, 11) is 0. The molecular formula is C13H23ClN2O. The normalized spacial score (nSPS) is 13.4. The molecule has 4 heteroatoms. The summed E-state index contributed by atoms with van der Waals surface area (Å²) in [5, 5.41) is 15.2. The zero-order chi connectivity index (χ0) is 13.0. The van der Waals surface area contributed by atoms with E-state index >= 15 is 0 Å². The average molecular weight is 259 g/mol. The van der Waals surface area contributed by atoms with Crippen molar-refractivity contribution in [3.8, 4) is 0 Å². The first-order valence-corrected chi connectivity index (χ1v) is 6.79. The highest BCUT2D eigenvalue weighted by Gasteiger charge is 2.18. The van der Waals surface area contributed by atoms with Crippen molar-refractivity contribution in [2.45, 2.75) is 59.6 Å². The number of aromatic nitrogens is 2. The molecule has 1 unspecified atom stereocenters. The van der Waals surface area contributed by atoms with E-state index in [0.717, 1.165) is 35.8 Å². The Hall–Kier alpha value is -0.540. The molecule has 1 aromatic rings. The molecule has 0 aliphatic heterocycles. The molecule has 1 heterocycles. The van der Waals surface area contributed by atoms with Gasteiger partial charge in [0, 0.05) is 13.0 Å². The molecule has 3 nitrogen and oxygen atoms in total. The number of rotatable bonds is 6. The number of aryl methyl sites for hydroxylation is 2. The predicted molar refractivity (Wildman–Crippen MR) is 71.5 cm³/mol. The minimum atomic E-state index is -0.334. The van der Waals surface area contributed by atoms with Crippen molar-refractivity contribution < 1.29 is 5.11 Å². The topological polar surface area (TPSA) is 38.0 Å². The third-order valence-corrected chi connectivity index (χ3v) is 3.30. The van der Waals surface area contributed by atoms with Gasteiger partial charge >= 0.3 is 0 Å². The fourth-order valence-electron chi connectivity index (χ4n) is 2.06. The molecule has 0 saturated carbocycles. The minimum Gasteiger partial charge on any atom is -0.393 e. The van der Waals surface area contributed by atoms with Crippen molar-refractivity contribution in [2.24, 2.45) is 5.92 Å². The van der Waals surface area contributed by atoms with Crippen LogP contribution in [0.4, 0.5) is 0 Å². The van der Waals surface area contributed by atoms with Crippen LogP contribution in [0.25, 0.3) is 0 Å². The van der Waals surface area contributed by atoms with Crippen LogP contribution in [0.2, 0.25) is 5.02 Å². The Morgan fingerprint density at radius 2 is 2.00 bits per heavy atom. The van der Waals surface area contributed by atoms with Crippen molar-refractivity contribution in [1.29, 1.82) is 0 Å². The number of aliphatic hydroxyl groups is 1. The van der Waals surface area contributed by atoms with Gasteiger partial charge in [-0.25, -0.2) is 0 Å². The van der Waals surface area contributed by atoms with Crippen LogP contribution >= 0.6 is 11.6 Å². The second-order valence-electron chi connectivity index (χ2n) is 4.86. The highest BCUT2D eigenvalue weighted by molar-refractivity contribution is 6.31. The third-order valence-electron chi connectivity index (χ3n) is 2.87. The quantitative estimate of drug-likeness (QED) is 0.852. The lowest BCUT2D eigenvalue weighted by atomic mass is 10.0. The van der Waals surface area contributed by atoms with Crippen LogP contribution in [0.1, 0.15) is 45.5 Å². The van der Waals surface area contributed by atoms with Gasteiger partial charge in [-0.15, -0.1) is 0 Å². The molecule has 0 aromatic carbocycles. The van der Waals surface area contributed by atoms with E-state index in [2.05, 4.69) is 18.9 Å². The van der Waals surface area contributed by atoms with Gasteiger partial charge in [0.25, 0.3) is 0 Å². The SMILES string of the molecule is CCc1nn(CC)c(CC(O)CC(C)C)c1Cl. The maximum atomic E-state index is 10.00. The van der Waals surface area contributed by atoms with Gasteiger partial charge in [0.15, 0.2) is 0 Å². The van der Waals surface area contributed by atoms with Gasteiger partial charge in [0.1, 0.15) is 0 Å². The van der Waals surface area contributed by atoms with Crippen molar-refractivity contribution in [1.82, 2.24) is 9.78 Å². The summed E-state index contributed by atoms with van der Waals surface area (Å²) < 4.78 is 1.91. The van der Waals surface area contributed by atoms with Gasteiger partial charge < -0.3 is 5.11 Å². The summed E-state index contributed by atoms with van der Waals surface area (Å²) in [5.41, 5.74) is 1.90. The smallest absolute Gasteiger partial charge is 0.0850 e. The molecule has 0 bridgehead atoms. The van der Waals surface area contributed by atoms with Crippen LogP contribution in [0, 0.1) is 5.92 Å². The van der Waals surface area contributed by atoms with Crippen LogP contribution in [0.15, 0.2) is 0 Å². The Labute approximate surface area is 109 Å². The van der Waals surface area contributed by atoms with Gasteiger partial charge in [0.2, 0.25) is 0 Å². The first kappa shape index (κ1) is 14.5. The van der Waals surface area contributed by atoms with Crippen molar-refractivity contribution >= 4 is 11.6 Å². The first-order chi connectivity index (χ1) is 7.99. The molecular weight excluding hydrogens is 236 g/mol. The number of nitrogens with zero attached hydrogens (tertiary/aromatic N) is 2. The number of halogens is 1. The molecule has 0 aliphatic rings. The Morgan fingerprint density at radius 3 is 2.47 bits per heavy atom. The van der Waals surface area contributed by atoms with E-state index in [1.54, 1.807) is 0 Å². The molecule has 0 aliphatic carbocycles. The van der Waals surface area contributed by atoms with E-state index in [1.807, 2.05) is 18.5 Å². The Kier molecular flexibility index (Phi) is 5.47. The molecule has 1 rings (SSSR count). The number of hydrogen-bond donors (Lipinski definition) is 1. The third kappa shape index (κ3) is 3.71. The lowest BCUT2D eigenvalue weighted by molar-refractivity contribution is 0.146. The molecule has 0 saturated heterocycles. The second-order valence-corrected chi connectivity index (χ2v) is 5.24. The van der Waals surface area contributed by atoms with Crippen LogP contribution in [0.5, 0.6) is 0 Å². The molecule has 0 radical (unpaired) electrons. The first-order valence-electron chi connectivity index (χ1n) is 6.41. The molecule has 1 atom stereocenters. The molecule has 0 amide bonds. The fraction of sp³-hybridized carbons (Fsp3) is 0.769. The van der Waals surface area contributed by atoms with Crippen molar-refractivity contribution in [3.05, 3.63) is 16.4 Å². The van der Waals surface area contributed by atoms with Gasteiger partial charge in [-0.3, -0.25) is 4.68 Å². The van der Waals surface area contributed by atoms with Crippen LogP contribution in [-0.4, -0.2) is 21.0 Å². The summed E-state index contributed by atoms with van der Waals surface area (Å²) in [4.78, 5) is 0. The fourth-order valence-corrected chi connectivity index (χ4v) is 2.41. The zero-order valence-corrected chi connectivity index (χ0v) is 12.0. The van der Waals surface area contributed by atoms with Gasteiger partial charge in [0.05, 0.1) is 22.5 Å². The molecule has 17 heavy (non-hydrogen) atoms. The van der Waals surface area contributed by atoms with E-state index in [0.29, 0.717) is 12.3 Å². The van der Waals surface area contributed by atoms with Gasteiger partial charge in [-0.2, -0.15) is 5.10 Å². The predicted octanol–water partition coefficient (Wildman–Crippen LogP) is 3.07. The lowest BCUT2D eigenvalue weighted by Crippen LogP contribution is -2.16. The zero-order valence-electron chi connectivity index (χ0n) is 11.2. The van der Waals surface area contributed by atoms with E-state index < -0.39 is 0 Å². The monoisotopic (exact) mass is 258 g/mol. The van der Waals surface area contributed by atoms with Gasteiger partial charge in [-0.1, -0.05) is 32.4 Å². The summed E-state index contributed by atoms with van der Waals surface area (Å²) in [5.74, 6) is 0.493. The van der Waals surface area contributed by atoms with E-state index in [9.17, 15) is 5.11 Å². The summed E-state index contributed by atoms with van der Waals surface area (Å²) in [6.45, 7) is 9.10. The Morgan fingerprint density at radius 1 is 1.35 bits per heavy atom. The largest absolute Gasteiger partial charge is 0.393 e.